The molecule has 2 amide bonds. The van der Waals surface area contributed by atoms with E-state index in [4.69, 9.17) is 9.47 Å². The van der Waals surface area contributed by atoms with E-state index in [0.29, 0.717) is 18.7 Å². The van der Waals surface area contributed by atoms with Gasteiger partial charge in [-0.2, -0.15) is 5.10 Å². The number of hydrogen-bond donors (Lipinski definition) is 1. The first kappa shape index (κ1) is 25.5. The number of aryl methyl sites for hydroxylation is 1. The van der Waals surface area contributed by atoms with Gasteiger partial charge in [0.15, 0.2) is 12.4 Å². The third-order valence-corrected chi connectivity index (χ3v) is 5.12. The fourth-order valence-corrected chi connectivity index (χ4v) is 3.39. The van der Waals surface area contributed by atoms with Crippen molar-refractivity contribution >= 4 is 23.5 Å². The second kappa shape index (κ2) is 12.4. The Balaban J connectivity index is 1.70. The van der Waals surface area contributed by atoms with Crippen molar-refractivity contribution in [3.8, 4) is 11.4 Å². The van der Waals surface area contributed by atoms with Crippen LogP contribution in [0.4, 0.5) is 5.69 Å². The van der Waals surface area contributed by atoms with Crippen molar-refractivity contribution in [1.29, 1.82) is 0 Å². The number of anilines is 1. The lowest BCUT2D eigenvalue weighted by Crippen LogP contribution is -2.41. The average molecular weight is 479 g/mol. The molecule has 0 aliphatic rings. The summed E-state index contributed by atoms with van der Waals surface area (Å²) >= 11 is 0. The lowest BCUT2D eigenvalue weighted by atomic mass is 10.2. The molecule has 9 heteroatoms. The molecule has 1 heterocycles. The van der Waals surface area contributed by atoms with Crippen molar-refractivity contribution in [2.75, 3.05) is 31.6 Å². The Bertz CT molecular complexity index is 1160. The van der Waals surface area contributed by atoms with Crippen molar-refractivity contribution in [3.63, 3.8) is 0 Å². The van der Waals surface area contributed by atoms with Crippen LogP contribution in [0.15, 0.2) is 60.8 Å². The van der Waals surface area contributed by atoms with Gasteiger partial charge in [-0.05, 0) is 44.0 Å². The summed E-state index contributed by atoms with van der Waals surface area (Å²) < 4.78 is 12.3. The largest absolute Gasteiger partial charge is 0.480 e. The van der Waals surface area contributed by atoms with Gasteiger partial charge in [-0.1, -0.05) is 43.3 Å². The van der Waals surface area contributed by atoms with E-state index in [2.05, 4.69) is 10.4 Å². The number of ether oxygens (including phenoxy) is 2. The van der Waals surface area contributed by atoms with Crippen molar-refractivity contribution in [2.45, 2.75) is 27.2 Å². The van der Waals surface area contributed by atoms with E-state index in [1.54, 1.807) is 6.92 Å². The molecule has 0 spiro atoms. The van der Waals surface area contributed by atoms with Gasteiger partial charge in [-0.25, -0.2) is 9.48 Å². The van der Waals surface area contributed by atoms with E-state index in [9.17, 15) is 14.4 Å². The Morgan fingerprint density at radius 1 is 1.03 bits per heavy atom. The van der Waals surface area contributed by atoms with Gasteiger partial charge in [-0.3, -0.25) is 9.59 Å². The Labute approximate surface area is 204 Å². The van der Waals surface area contributed by atoms with Crippen LogP contribution in [-0.2, 0) is 14.3 Å². The van der Waals surface area contributed by atoms with Gasteiger partial charge in [-0.15, -0.1) is 0 Å². The molecule has 0 aliphatic heterocycles. The predicted molar refractivity (Wildman–Crippen MR) is 132 cm³/mol. The average Bonchev–Trinajstić information content (AvgIpc) is 3.29. The van der Waals surface area contributed by atoms with Crippen LogP contribution in [0.25, 0.3) is 5.69 Å². The van der Waals surface area contributed by atoms with Crippen LogP contribution < -0.4 is 10.1 Å². The summed E-state index contributed by atoms with van der Waals surface area (Å²) in [6, 6.07) is 16.6. The lowest BCUT2D eigenvalue weighted by Gasteiger charge is -2.22. The fourth-order valence-electron chi connectivity index (χ4n) is 3.39. The summed E-state index contributed by atoms with van der Waals surface area (Å²) in [6.07, 6.45) is 2.20. The molecular formula is C26H30N4O5. The molecular weight excluding hydrogens is 448 g/mol. The number of benzene rings is 2. The normalized spacial score (nSPS) is 10.5. The van der Waals surface area contributed by atoms with Gasteiger partial charge in [0.05, 0.1) is 25.0 Å². The Morgan fingerprint density at radius 3 is 2.43 bits per heavy atom. The number of hydrogen-bond acceptors (Lipinski definition) is 6. The number of para-hydroxylation sites is 2. The van der Waals surface area contributed by atoms with E-state index < -0.39 is 5.97 Å². The summed E-state index contributed by atoms with van der Waals surface area (Å²) in [6.45, 7) is 5.61. The lowest BCUT2D eigenvalue weighted by molar-refractivity contribution is -0.136. The summed E-state index contributed by atoms with van der Waals surface area (Å²) in [5, 5.41) is 7.13. The van der Waals surface area contributed by atoms with Crippen LogP contribution >= 0.6 is 0 Å². The van der Waals surface area contributed by atoms with Gasteiger partial charge in [0, 0.05) is 12.2 Å². The van der Waals surface area contributed by atoms with Gasteiger partial charge < -0.3 is 19.7 Å². The molecule has 0 radical (unpaired) electrons. The minimum atomic E-state index is -0.646. The molecule has 3 aromatic rings. The van der Waals surface area contributed by atoms with Gasteiger partial charge >= 0.3 is 5.97 Å². The first-order chi connectivity index (χ1) is 16.9. The molecule has 0 atom stereocenters. The zero-order valence-electron chi connectivity index (χ0n) is 20.2. The zero-order valence-corrected chi connectivity index (χ0v) is 20.2. The molecule has 0 saturated carbocycles. The molecule has 184 valence electrons. The molecule has 0 fully saturated rings. The number of carbonyl (C=O) groups is 3. The van der Waals surface area contributed by atoms with Crippen molar-refractivity contribution in [3.05, 3.63) is 72.1 Å². The first-order valence-electron chi connectivity index (χ1n) is 11.5. The molecule has 0 unspecified atom stereocenters. The zero-order chi connectivity index (χ0) is 25.2. The van der Waals surface area contributed by atoms with Gasteiger partial charge in [0.2, 0.25) is 11.6 Å². The number of esters is 1. The van der Waals surface area contributed by atoms with E-state index in [0.717, 1.165) is 11.3 Å². The topological polar surface area (TPSA) is 103 Å². The highest BCUT2D eigenvalue weighted by Gasteiger charge is 2.23. The van der Waals surface area contributed by atoms with Gasteiger partial charge in [0.25, 0.3) is 5.91 Å². The number of rotatable bonds is 11. The van der Waals surface area contributed by atoms with Crippen LogP contribution in [0.1, 0.15) is 36.3 Å². The van der Waals surface area contributed by atoms with Gasteiger partial charge in [0.1, 0.15) is 0 Å². The number of nitrogens with zero attached hydrogens (tertiary/aromatic N) is 3. The number of nitrogens with one attached hydrogen (secondary N) is 1. The summed E-state index contributed by atoms with van der Waals surface area (Å²) in [4.78, 5) is 39.3. The van der Waals surface area contributed by atoms with Crippen molar-refractivity contribution in [2.24, 2.45) is 0 Å². The predicted octanol–water partition coefficient (Wildman–Crippen LogP) is 3.61. The number of carbonyl (C=O) groups excluding carboxylic acids is 3. The maximum absolute atomic E-state index is 12.9. The minimum Gasteiger partial charge on any atom is -0.480 e. The molecule has 0 bridgehead atoms. The minimum absolute atomic E-state index is 0.0251. The Morgan fingerprint density at radius 2 is 1.74 bits per heavy atom. The summed E-state index contributed by atoms with van der Waals surface area (Å²) in [5.41, 5.74) is 2.33. The van der Waals surface area contributed by atoms with Crippen LogP contribution in [0, 0.1) is 6.92 Å². The molecule has 0 aliphatic carbocycles. The Kier molecular flexibility index (Phi) is 9.00. The summed E-state index contributed by atoms with van der Waals surface area (Å²) in [7, 11) is 0. The molecule has 1 N–H and O–H groups in total. The molecule has 0 saturated heterocycles. The second-order valence-corrected chi connectivity index (χ2v) is 7.81. The molecule has 2 aromatic carbocycles. The van der Waals surface area contributed by atoms with E-state index in [1.807, 2.05) is 68.4 Å². The third kappa shape index (κ3) is 6.92. The van der Waals surface area contributed by atoms with Crippen LogP contribution in [0.3, 0.4) is 0 Å². The van der Waals surface area contributed by atoms with E-state index in [-0.39, 0.29) is 43.0 Å². The Hall–Kier alpha value is -4.14. The first-order valence-corrected chi connectivity index (χ1v) is 11.5. The van der Waals surface area contributed by atoms with E-state index in [1.165, 1.54) is 15.8 Å². The van der Waals surface area contributed by atoms with Crippen LogP contribution in [0.5, 0.6) is 5.75 Å². The monoisotopic (exact) mass is 478 g/mol. The van der Waals surface area contributed by atoms with E-state index >= 15 is 0 Å². The SMILES string of the molecule is CCCN(CC(=O)Nc1ccccc1C)C(=O)COc1cn(-c2ccccc2)nc1C(=O)OCC. The third-order valence-electron chi connectivity index (χ3n) is 5.12. The number of amides is 2. The standard InChI is InChI=1S/C26H30N4O5/c1-4-15-29(17-23(31)27-21-14-10-9-11-19(21)3)24(32)18-35-22-16-30(20-12-7-6-8-13-20)28-25(22)26(33)34-5-2/h6-14,16H,4-5,15,17-18H2,1-3H3,(H,27,31). The quantitative estimate of drug-likeness (QED) is 0.423. The smallest absolute Gasteiger partial charge is 0.362 e. The molecule has 9 nitrogen and oxygen atoms in total. The van der Waals surface area contributed by atoms with Crippen LogP contribution in [-0.4, -0.2) is 58.8 Å². The second-order valence-electron chi connectivity index (χ2n) is 7.81. The molecule has 3 rings (SSSR count). The maximum atomic E-state index is 12.9. The van der Waals surface area contributed by atoms with Crippen molar-refractivity contribution in [1.82, 2.24) is 14.7 Å². The molecule has 35 heavy (non-hydrogen) atoms. The molecule has 1 aromatic heterocycles. The fraction of sp³-hybridized carbons (Fsp3) is 0.308. The highest BCUT2D eigenvalue weighted by molar-refractivity contribution is 5.95. The highest BCUT2D eigenvalue weighted by atomic mass is 16.5. The highest BCUT2D eigenvalue weighted by Crippen LogP contribution is 2.21. The maximum Gasteiger partial charge on any atom is 0.362 e. The van der Waals surface area contributed by atoms with Crippen molar-refractivity contribution < 1.29 is 23.9 Å². The summed E-state index contributed by atoms with van der Waals surface area (Å²) in [5.74, 6) is -1.20. The number of aromatic nitrogens is 2. The van der Waals surface area contributed by atoms with Crippen LogP contribution in [0.2, 0.25) is 0 Å².